The van der Waals surface area contributed by atoms with Crippen molar-refractivity contribution >= 4 is 16.2 Å². The smallest absolute Gasteiger partial charge is 0.349 e. The minimum atomic E-state index is -4.07. The van der Waals surface area contributed by atoms with Crippen molar-refractivity contribution in [2.45, 2.75) is 0 Å². The van der Waals surface area contributed by atoms with Crippen molar-refractivity contribution in [2.75, 3.05) is 0 Å². The molecular formula is CH4N3O3S. The van der Waals surface area contributed by atoms with Gasteiger partial charge in [0.2, 0.25) is 0 Å². The van der Waals surface area contributed by atoms with Crippen LogP contribution in [0.2, 0.25) is 0 Å². The fourth-order valence-electron chi connectivity index (χ4n) is 0.125. The highest BCUT2D eigenvalue weighted by Crippen LogP contribution is 1.66. The molecule has 0 atom stereocenters. The lowest BCUT2D eigenvalue weighted by molar-refractivity contribution is 0.253. The van der Waals surface area contributed by atoms with E-state index in [1.165, 1.54) is 0 Å². The van der Waals surface area contributed by atoms with Crippen LogP contribution in [0.15, 0.2) is 0 Å². The van der Waals surface area contributed by atoms with Gasteiger partial charge in [-0.25, -0.2) is 9.93 Å². The molecule has 7 heteroatoms. The zero-order chi connectivity index (χ0) is 6.78. The number of primary amides is 1. The molecule has 47 valence electrons. The van der Waals surface area contributed by atoms with Crippen LogP contribution in [-0.4, -0.2) is 14.4 Å². The Morgan fingerprint density at radius 1 is 1.50 bits per heavy atom. The normalized spacial score (nSPS) is 10.6. The lowest BCUT2D eigenvalue weighted by atomic mass is 11.2. The molecule has 0 aliphatic heterocycles. The average molecular weight is 138 g/mol. The molecule has 4 N–H and O–H groups in total. The largest absolute Gasteiger partial charge is 0.350 e. The number of hydrogen-bond acceptors (Lipinski definition) is 3. The van der Waals surface area contributed by atoms with Gasteiger partial charge in [0.25, 0.3) is 0 Å². The van der Waals surface area contributed by atoms with Crippen molar-refractivity contribution < 1.29 is 13.2 Å². The van der Waals surface area contributed by atoms with Crippen LogP contribution in [0.3, 0.4) is 0 Å². The monoisotopic (exact) mass is 138 g/mol. The fraction of sp³-hybridized carbons (Fsp3) is 0. The molecule has 0 aromatic rings. The first kappa shape index (κ1) is 7.18. The minimum absolute atomic E-state index is 1.31. The van der Waals surface area contributed by atoms with E-state index in [0.29, 0.717) is 0 Å². The Morgan fingerprint density at radius 2 is 1.88 bits per heavy atom. The second kappa shape index (κ2) is 1.97. The van der Waals surface area contributed by atoms with Gasteiger partial charge in [-0.05, 0) is 0 Å². The molecule has 2 amide bonds. The average Bonchev–Trinajstić information content (AvgIpc) is 1.21. The van der Waals surface area contributed by atoms with Crippen LogP contribution in [0.5, 0.6) is 0 Å². The van der Waals surface area contributed by atoms with Crippen molar-refractivity contribution in [3.63, 3.8) is 0 Å². The van der Waals surface area contributed by atoms with Gasteiger partial charge in [0.1, 0.15) is 0 Å². The maximum absolute atomic E-state index is 9.75. The molecular weight excluding hydrogens is 134 g/mol. The topological polar surface area (TPSA) is 117 Å². The molecule has 0 aromatic heterocycles. The van der Waals surface area contributed by atoms with Gasteiger partial charge in [0, 0.05) is 0 Å². The number of nitrogens with two attached hydrogens (primary N) is 2. The number of amides is 2. The first-order chi connectivity index (χ1) is 3.42. The van der Waals surface area contributed by atoms with E-state index in [0.717, 1.165) is 0 Å². The van der Waals surface area contributed by atoms with Crippen LogP contribution >= 0.6 is 0 Å². The Bertz CT molecular complexity index is 181. The van der Waals surface area contributed by atoms with Gasteiger partial charge < -0.3 is 5.73 Å². The third-order valence-corrected chi connectivity index (χ3v) is 0.652. The first-order valence-corrected chi connectivity index (χ1v) is 2.97. The quantitative estimate of drug-likeness (QED) is 0.431. The number of urea groups is 1. The predicted octanol–water partition coefficient (Wildman–Crippen LogP) is -2.13. The molecule has 0 unspecified atom stereocenters. The van der Waals surface area contributed by atoms with E-state index in [2.05, 4.69) is 15.6 Å². The van der Waals surface area contributed by atoms with E-state index in [-0.39, 0.29) is 0 Å². The molecule has 8 heavy (non-hydrogen) atoms. The minimum Gasteiger partial charge on any atom is -0.349 e. The fourth-order valence-corrected chi connectivity index (χ4v) is 0.376. The Labute approximate surface area is 46.0 Å². The Hall–Kier alpha value is -0.820. The van der Waals surface area contributed by atoms with Crippen molar-refractivity contribution in [1.29, 1.82) is 0 Å². The van der Waals surface area contributed by atoms with Crippen LogP contribution in [-0.2, 0) is 10.2 Å². The highest BCUT2D eigenvalue weighted by atomic mass is 32.2. The third kappa shape index (κ3) is 5.18. The molecule has 0 aliphatic carbocycles. The zero-order valence-corrected chi connectivity index (χ0v) is 4.55. The van der Waals surface area contributed by atoms with Gasteiger partial charge in [-0.15, -0.1) is 0 Å². The van der Waals surface area contributed by atoms with E-state index >= 15 is 0 Å². The number of carbonyl (C=O) groups excluding carboxylic acids is 1. The summed E-state index contributed by atoms with van der Waals surface area (Å²) >= 11 is 0. The maximum Gasteiger partial charge on any atom is 0.350 e. The molecule has 1 radical (unpaired) electrons. The highest BCUT2D eigenvalue weighted by molar-refractivity contribution is 7.87. The lowest BCUT2D eigenvalue weighted by Gasteiger charge is -1.87. The van der Waals surface area contributed by atoms with Crippen molar-refractivity contribution in [2.24, 2.45) is 10.9 Å². The van der Waals surface area contributed by atoms with Gasteiger partial charge in [0.15, 0.2) is 0 Å². The Morgan fingerprint density at radius 3 is 1.88 bits per heavy atom. The second-order valence-electron chi connectivity index (χ2n) is 0.944. The van der Waals surface area contributed by atoms with E-state index in [9.17, 15) is 13.2 Å². The lowest BCUT2D eigenvalue weighted by Crippen LogP contribution is -2.33. The Kier molecular flexibility index (Phi) is 1.77. The summed E-state index contributed by atoms with van der Waals surface area (Å²) in [6.07, 6.45) is 0. The molecule has 0 bridgehead atoms. The summed E-state index contributed by atoms with van der Waals surface area (Å²) in [5, 5.41) is 4.24. The molecule has 0 spiro atoms. The van der Waals surface area contributed by atoms with E-state index in [1.54, 1.807) is 0 Å². The van der Waals surface area contributed by atoms with Crippen molar-refractivity contribution in [3.8, 4) is 0 Å². The van der Waals surface area contributed by atoms with Crippen LogP contribution in [0.1, 0.15) is 0 Å². The van der Waals surface area contributed by atoms with Gasteiger partial charge in [0.05, 0.1) is 0 Å². The number of rotatable bonds is 1. The summed E-state index contributed by atoms with van der Waals surface area (Å²) < 4.78 is 21.8. The van der Waals surface area contributed by atoms with Gasteiger partial charge in [-0.2, -0.15) is 8.42 Å². The second-order valence-corrected chi connectivity index (χ2v) is 2.16. The molecule has 0 saturated carbocycles. The molecule has 0 heterocycles. The van der Waals surface area contributed by atoms with Gasteiger partial charge in [-0.1, -0.05) is 4.72 Å². The summed E-state index contributed by atoms with van der Waals surface area (Å²) in [7, 11) is -4.07. The molecule has 0 rings (SSSR count). The predicted molar refractivity (Wildman–Crippen MR) is 24.8 cm³/mol. The summed E-state index contributed by atoms with van der Waals surface area (Å²) in [5.41, 5.74) is 4.31. The van der Waals surface area contributed by atoms with Crippen molar-refractivity contribution in [1.82, 2.24) is 4.72 Å². The van der Waals surface area contributed by atoms with E-state index in [1.807, 2.05) is 0 Å². The van der Waals surface area contributed by atoms with Crippen LogP contribution < -0.4 is 15.6 Å². The van der Waals surface area contributed by atoms with Crippen LogP contribution in [0.25, 0.3) is 0 Å². The Balaban J connectivity index is 3.95. The molecule has 6 nitrogen and oxygen atoms in total. The first-order valence-electron chi connectivity index (χ1n) is 1.47. The summed E-state index contributed by atoms with van der Waals surface area (Å²) in [4.78, 5) is 9.61. The van der Waals surface area contributed by atoms with Gasteiger partial charge in [-0.3, -0.25) is 0 Å². The summed E-state index contributed by atoms with van der Waals surface area (Å²) in [5.74, 6) is 0. The third-order valence-electron chi connectivity index (χ3n) is 0.217. The molecule has 0 saturated heterocycles. The summed E-state index contributed by atoms with van der Waals surface area (Å²) in [6, 6.07) is -1.31. The zero-order valence-electron chi connectivity index (χ0n) is 3.73. The van der Waals surface area contributed by atoms with Crippen molar-refractivity contribution in [3.05, 3.63) is 0 Å². The summed E-state index contributed by atoms with van der Waals surface area (Å²) in [6.45, 7) is 0. The standard InChI is InChI=1S/CH4N3O3S/c2-1(5)4-8(3,6)7/h(H2,2,5)(H2,3,6,7). The SMILES string of the molecule is NC(=O)[N]S(N)(=O)=O. The van der Waals surface area contributed by atoms with Crippen LogP contribution in [0, 0.1) is 0 Å². The van der Waals surface area contributed by atoms with Gasteiger partial charge >= 0.3 is 16.2 Å². The number of hydrogen-bond donors (Lipinski definition) is 2. The number of nitrogens with zero attached hydrogens (tertiary/aromatic N) is 1. The van der Waals surface area contributed by atoms with Crippen LogP contribution in [0.4, 0.5) is 4.79 Å². The number of carbonyl (C=O) groups is 1. The van der Waals surface area contributed by atoms with E-state index < -0.39 is 16.2 Å². The molecule has 0 aromatic carbocycles. The molecule has 0 fully saturated rings. The molecule has 0 aliphatic rings. The highest BCUT2D eigenvalue weighted by Gasteiger charge is 2.05. The van der Waals surface area contributed by atoms with E-state index in [4.69, 9.17) is 0 Å². The maximum atomic E-state index is 9.75.